The summed E-state index contributed by atoms with van der Waals surface area (Å²) in [6.07, 6.45) is 4.88. The summed E-state index contributed by atoms with van der Waals surface area (Å²) >= 11 is 0. The van der Waals surface area contributed by atoms with Crippen molar-refractivity contribution in [3.63, 3.8) is 0 Å². The van der Waals surface area contributed by atoms with Gasteiger partial charge in [0.25, 0.3) is 0 Å². The lowest BCUT2D eigenvalue weighted by molar-refractivity contribution is -0.131. The molecule has 0 spiro atoms. The number of aromatic nitrogens is 3. The standard InChI is InChI=1S/C20H28N8O2/c1-22-9-12-25(2)20(30)28-11-7-16-18(23-14-24-19(16)28)26(3)15-5-4-10-27(13-15)17(29)6-8-21/h7,11,14-15,22H,4-6,9-10,12-13H2,1-3H3/t15-/m1/s1. The van der Waals surface area contributed by atoms with Gasteiger partial charge in [0, 0.05) is 52.5 Å². The molecule has 1 N–H and O–H groups in total. The smallest absolute Gasteiger partial charge is 0.329 e. The fraction of sp³-hybridized carbons (Fsp3) is 0.550. The minimum Gasteiger partial charge on any atom is -0.354 e. The van der Waals surface area contributed by atoms with Crippen molar-refractivity contribution in [3.8, 4) is 6.07 Å². The van der Waals surface area contributed by atoms with Gasteiger partial charge in [-0.3, -0.25) is 9.36 Å². The number of likely N-dealkylation sites (tertiary alicyclic amines) is 1. The van der Waals surface area contributed by atoms with Crippen LogP contribution in [0.5, 0.6) is 0 Å². The van der Waals surface area contributed by atoms with Crippen molar-refractivity contribution < 1.29 is 9.59 Å². The van der Waals surface area contributed by atoms with Crippen LogP contribution in [0.1, 0.15) is 19.3 Å². The van der Waals surface area contributed by atoms with Gasteiger partial charge in [-0.05, 0) is 26.0 Å². The number of likely N-dealkylation sites (N-methyl/N-ethyl adjacent to an activating group) is 3. The summed E-state index contributed by atoms with van der Waals surface area (Å²) in [5.74, 6) is 0.591. The second kappa shape index (κ2) is 9.54. The first-order valence-corrected chi connectivity index (χ1v) is 10.1. The maximum Gasteiger partial charge on any atom is 0.329 e. The average molecular weight is 412 g/mol. The summed E-state index contributed by atoms with van der Waals surface area (Å²) in [5, 5.41) is 12.6. The molecule has 0 aromatic carbocycles. The first-order chi connectivity index (χ1) is 14.5. The molecule has 160 valence electrons. The third-order valence-electron chi connectivity index (χ3n) is 5.55. The number of hydrogen-bond donors (Lipinski definition) is 1. The second-order valence-electron chi connectivity index (χ2n) is 7.51. The van der Waals surface area contributed by atoms with E-state index in [1.54, 1.807) is 23.0 Å². The van der Waals surface area contributed by atoms with Crippen LogP contribution in [-0.2, 0) is 4.79 Å². The summed E-state index contributed by atoms with van der Waals surface area (Å²) in [7, 11) is 5.55. The van der Waals surface area contributed by atoms with E-state index in [9.17, 15) is 9.59 Å². The lowest BCUT2D eigenvalue weighted by Gasteiger charge is -2.38. The molecule has 0 aliphatic carbocycles. The van der Waals surface area contributed by atoms with E-state index in [4.69, 9.17) is 5.26 Å². The zero-order chi connectivity index (χ0) is 21.7. The van der Waals surface area contributed by atoms with Gasteiger partial charge in [0.15, 0.2) is 5.65 Å². The van der Waals surface area contributed by atoms with Crippen LogP contribution in [0.4, 0.5) is 10.6 Å². The Kier molecular flexibility index (Phi) is 6.84. The van der Waals surface area contributed by atoms with Crippen LogP contribution in [-0.4, -0.2) is 89.6 Å². The van der Waals surface area contributed by atoms with Crippen molar-refractivity contribution in [1.29, 1.82) is 5.26 Å². The highest BCUT2D eigenvalue weighted by Gasteiger charge is 2.28. The van der Waals surface area contributed by atoms with Crippen LogP contribution in [0.25, 0.3) is 11.0 Å². The Labute approximate surface area is 176 Å². The Morgan fingerprint density at radius 2 is 2.17 bits per heavy atom. The number of fused-ring (bicyclic) bond motifs is 1. The highest BCUT2D eigenvalue weighted by molar-refractivity contribution is 5.94. The SMILES string of the molecule is CNCCN(C)C(=O)n1ccc2c(N(C)[C@@H]3CCCN(C(=O)CC#N)C3)ncnc21. The molecule has 1 atom stereocenters. The molecular weight excluding hydrogens is 384 g/mol. The van der Waals surface area contributed by atoms with Crippen molar-refractivity contribution >= 4 is 28.8 Å². The summed E-state index contributed by atoms with van der Waals surface area (Å²) < 4.78 is 1.54. The number of hydrogen-bond acceptors (Lipinski definition) is 7. The highest BCUT2D eigenvalue weighted by Crippen LogP contribution is 2.27. The predicted molar refractivity (Wildman–Crippen MR) is 113 cm³/mol. The number of nitrogens with one attached hydrogen (secondary N) is 1. The molecule has 3 rings (SSSR count). The van der Waals surface area contributed by atoms with E-state index >= 15 is 0 Å². The normalized spacial score (nSPS) is 16.3. The van der Waals surface area contributed by atoms with Gasteiger partial charge in [-0.1, -0.05) is 0 Å². The largest absolute Gasteiger partial charge is 0.354 e. The van der Waals surface area contributed by atoms with Gasteiger partial charge in [-0.25, -0.2) is 14.8 Å². The molecule has 3 heterocycles. The Bertz CT molecular complexity index is 950. The van der Waals surface area contributed by atoms with Gasteiger partial charge in [-0.2, -0.15) is 5.26 Å². The van der Waals surface area contributed by atoms with E-state index in [2.05, 4.69) is 20.2 Å². The van der Waals surface area contributed by atoms with Gasteiger partial charge in [0.1, 0.15) is 18.6 Å². The lowest BCUT2D eigenvalue weighted by Crippen LogP contribution is -2.49. The molecule has 2 aromatic rings. The van der Waals surface area contributed by atoms with E-state index in [1.165, 1.54) is 10.9 Å². The van der Waals surface area contributed by atoms with E-state index in [1.807, 2.05) is 26.2 Å². The third-order valence-corrected chi connectivity index (χ3v) is 5.55. The minimum atomic E-state index is -0.154. The summed E-state index contributed by atoms with van der Waals surface area (Å²) in [6, 6.07) is 3.71. The summed E-state index contributed by atoms with van der Waals surface area (Å²) in [6.45, 7) is 2.51. The lowest BCUT2D eigenvalue weighted by atomic mass is 10.0. The molecule has 30 heavy (non-hydrogen) atoms. The third kappa shape index (κ3) is 4.36. The molecule has 0 saturated carbocycles. The van der Waals surface area contributed by atoms with E-state index in [-0.39, 0.29) is 24.4 Å². The molecule has 1 aliphatic heterocycles. The number of carbonyl (C=O) groups excluding carboxylic acids is 2. The van der Waals surface area contributed by atoms with Gasteiger partial charge >= 0.3 is 6.03 Å². The zero-order valence-electron chi connectivity index (χ0n) is 17.7. The summed E-state index contributed by atoms with van der Waals surface area (Å²) in [5.41, 5.74) is 0.557. The quantitative estimate of drug-likeness (QED) is 0.750. The Morgan fingerprint density at radius 3 is 2.90 bits per heavy atom. The second-order valence-corrected chi connectivity index (χ2v) is 7.51. The van der Waals surface area contributed by atoms with Gasteiger partial charge in [0.2, 0.25) is 5.91 Å². The number of piperidine rings is 1. The molecule has 2 aromatic heterocycles. The first kappa shape index (κ1) is 21.5. The molecule has 1 aliphatic rings. The van der Waals surface area contributed by atoms with Crippen LogP contribution in [0.3, 0.4) is 0 Å². The number of nitriles is 1. The van der Waals surface area contributed by atoms with Crippen LogP contribution in [0, 0.1) is 11.3 Å². The number of nitrogens with zero attached hydrogens (tertiary/aromatic N) is 7. The minimum absolute atomic E-state index is 0.0804. The van der Waals surface area contributed by atoms with Crippen molar-refractivity contribution in [2.24, 2.45) is 0 Å². The Balaban J connectivity index is 1.83. The maximum absolute atomic E-state index is 12.8. The van der Waals surface area contributed by atoms with E-state index < -0.39 is 0 Å². The predicted octanol–water partition coefficient (Wildman–Crippen LogP) is 0.891. The van der Waals surface area contributed by atoms with Crippen LogP contribution in [0.15, 0.2) is 18.6 Å². The molecule has 0 bridgehead atoms. The van der Waals surface area contributed by atoms with E-state index in [0.717, 1.165) is 24.0 Å². The number of carbonyl (C=O) groups is 2. The van der Waals surface area contributed by atoms with Crippen molar-refractivity contribution in [1.82, 2.24) is 29.7 Å². The highest BCUT2D eigenvalue weighted by atomic mass is 16.2. The fourth-order valence-electron chi connectivity index (χ4n) is 3.78. The molecule has 10 nitrogen and oxygen atoms in total. The zero-order valence-corrected chi connectivity index (χ0v) is 17.7. The number of amides is 2. The van der Waals surface area contributed by atoms with Crippen molar-refractivity contribution in [3.05, 3.63) is 18.6 Å². The first-order valence-electron chi connectivity index (χ1n) is 10.1. The molecule has 1 fully saturated rings. The molecule has 2 amide bonds. The monoisotopic (exact) mass is 412 g/mol. The van der Waals surface area contributed by atoms with Gasteiger partial charge in [0.05, 0.1) is 11.5 Å². The Morgan fingerprint density at radius 1 is 1.37 bits per heavy atom. The molecular formula is C20H28N8O2. The summed E-state index contributed by atoms with van der Waals surface area (Å²) in [4.78, 5) is 39.2. The van der Waals surface area contributed by atoms with Crippen LogP contribution in [0.2, 0.25) is 0 Å². The van der Waals surface area contributed by atoms with Gasteiger partial charge < -0.3 is 20.0 Å². The molecule has 10 heteroatoms. The van der Waals surface area contributed by atoms with E-state index in [0.29, 0.717) is 31.8 Å². The molecule has 1 saturated heterocycles. The van der Waals surface area contributed by atoms with Crippen LogP contribution < -0.4 is 10.2 Å². The number of anilines is 1. The molecule has 0 unspecified atom stereocenters. The average Bonchev–Trinajstić information content (AvgIpc) is 3.21. The Hall–Kier alpha value is -3.19. The maximum atomic E-state index is 12.8. The fourth-order valence-corrected chi connectivity index (χ4v) is 3.78. The van der Waals surface area contributed by atoms with Crippen LogP contribution >= 0.6 is 0 Å². The molecule has 0 radical (unpaired) electrons. The van der Waals surface area contributed by atoms with Crippen molar-refractivity contribution in [2.45, 2.75) is 25.3 Å². The van der Waals surface area contributed by atoms with Gasteiger partial charge in [-0.15, -0.1) is 0 Å². The topological polar surface area (TPSA) is 110 Å². The van der Waals surface area contributed by atoms with Crippen molar-refractivity contribution in [2.75, 3.05) is 52.2 Å². The number of rotatable bonds is 6.